The van der Waals surface area contributed by atoms with Gasteiger partial charge in [-0.3, -0.25) is 14.4 Å². The molecule has 9 nitrogen and oxygen atoms in total. The number of fused-ring (bicyclic) bond motifs is 3. The van der Waals surface area contributed by atoms with E-state index in [-0.39, 0.29) is 50.5 Å². The largest absolute Gasteiger partial charge is 0.481 e. The number of ether oxygens (including phenoxy) is 1. The van der Waals surface area contributed by atoms with Crippen LogP contribution in [-0.2, 0) is 19.1 Å². The molecule has 0 aromatic heterocycles. The van der Waals surface area contributed by atoms with Gasteiger partial charge < -0.3 is 25.4 Å². The third-order valence-corrected chi connectivity index (χ3v) is 6.05. The van der Waals surface area contributed by atoms with Crippen molar-refractivity contribution in [2.75, 3.05) is 26.2 Å². The molecule has 2 aliphatic carbocycles. The van der Waals surface area contributed by atoms with Gasteiger partial charge in [0.2, 0.25) is 11.8 Å². The molecule has 2 aromatic rings. The van der Waals surface area contributed by atoms with Gasteiger partial charge in [-0.15, -0.1) is 0 Å². The lowest BCUT2D eigenvalue weighted by atomic mass is 9.98. The summed E-state index contributed by atoms with van der Waals surface area (Å²) in [6, 6.07) is 16.0. The second-order valence-electron chi connectivity index (χ2n) is 8.42. The quantitative estimate of drug-likeness (QED) is 0.494. The molecule has 3 N–H and O–H groups in total. The van der Waals surface area contributed by atoms with Crippen LogP contribution in [-0.4, -0.2) is 66.2 Å². The van der Waals surface area contributed by atoms with Crippen LogP contribution in [0.3, 0.4) is 0 Å². The maximum absolute atomic E-state index is 12.3. The van der Waals surface area contributed by atoms with Crippen LogP contribution >= 0.6 is 0 Å². The van der Waals surface area contributed by atoms with Gasteiger partial charge in [-0.25, -0.2) is 4.79 Å². The minimum absolute atomic E-state index is 0.0442. The van der Waals surface area contributed by atoms with Gasteiger partial charge in [0, 0.05) is 18.5 Å². The Kier molecular flexibility index (Phi) is 7.10. The van der Waals surface area contributed by atoms with Crippen LogP contribution in [0.5, 0.6) is 0 Å². The molecule has 0 radical (unpaired) electrons. The van der Waals surface area contributed by atoms with Crippen molar-refractivity contribution in [1.82, 2.24) is 15.5 Å². The van der Waals surface area contributed by atoms with Crippen molar-refractivity contribution in [3.63, 3.8) is 0 Å². The average Bonchev–Trinajstić information content (AvgIpc) is 3.62. The number of carbonyl (C=O) groups is 4. The Morgan fingerprint density at radius 1 is 0.912 bits per heavy atom. The van der Waals surface area contributed by atoms with Crippen molar-refractivity contribution in [3.05, 3.63) is 59.7 Å². The number of carboxylic acid groups (broad SMARTS) is 1. The lowest BCUT2D eigenvalue weighted by Crippen LogP contribution is -2.45. The monoisotopic (exact) mass is 465 g/mol. The SMILES string of the molecule is O=C(O)CCN(C(=O)CNC(=O)CNC(=O)OCC1c2ccccc2-c2ccccc21)C1CC1. The number of hydrogen-bond donors (Lipinski definition) is 3. The van der Waals surface area contributed by atoms with Gasteiger partial charge in [0.15, 0.2) is 0 Å². The number of rotatable bonds is 10. The van der Waals surface area contributed by atoms with E-state index in [9.17, 15) is 19.2 Å². The Morgan fingerprint density at radius 2 is 1.53 bits per heavy atom. The molecule has 3 amide bonds. The molecule has 0 unspecified atom stereocenters. The van der Waals surface area contributed by atoms with E-state index in [2.05, 4.69) is 10.6 Å². The lowest BCUT2D eigenvalue weighted by molar-refractivity contribution is -0.139. The van der Waals surface area contributed by atoms with Crippen LogP contribution in [0.2, 0.25) is 0 Å². The van der Waals surface area contributed by atoms with Gasteiger partial charge in [0.25, 0.3) is 0 Å². The fourth-order valence-corrected chi connectivity index (χ4v) is 4.25. The predicted octanol–water partition coefficient (Wildman–Crippen LogP) is 2.11. The minimum Gasteiger partial charge on any atom is -0.481 e. The maximum Gasteiger partial charge on any atom is 0.407 e. The number of carbonyl (C=O) groups excluding carboxylic acids is 3. The maximum atomic E-state index is 12.3. The zero-order valence-corrected chi connectivity index (χ0v) is 18.7. The summed E-state index contributed by atoms with van der Waals surface area (Å²) in [6.45, 7) is -0.323. The summed E-state index contributed by atoms with van der Waals surface area (Å²) in [7, 11) is 0. The molecule has 0 spiro atoms. The van der Waals surface area contributed by atoms with Gasteiger partial charge in [-0.1, -0.05) is 48.5 Å². The van der Waals surface area contributed by atoms with E-state index in [0.717, 1.165) is 35.1 Å². The van der Waals surface area contributed by atoms with E-state index in [1.807, 2.05) is 48.5 Å². The highest BCUT2D eigenvalue weighted by molar-refractivity contribution is 5.87. The van der Waals surface area contributed by atoms with E-state index in [1.54, 1.807) is 0 Å². The van der Waals surface area contributed by atoms with Crippen molar-refractivity contribution in [3.8, 4) is 11.1 Å². The first-order valence-electron chi connectivity index (χ1n) is 11.3. The number of benzene rings is 2. The van der Waals surface area contributed by atoms with E-state index in [0.29, 0.717) is 0 Å². The molecule has 0 saturated heterocycles. The van der Waals surface area contributed by atoms with E-state index in [4.69, 9.17) is 9.84 Å². The van der Waals surface area contributed by atoms with E-state index < -0.39 is 18.0 Å². The number of amides is 3. The summed E-state index contributed by atoms with van der Waals surface area (Å²) in [6.07, 6.45) is 0.814. The molecule has 0 bridgehead atoms. The molecule has 0 atom stereocenters. The zero-order chi connectivity index (χ0) is 24.1. The summed E-state index contributed by atoms with van der Waals surface area (Å²) in [5, 5.41) is 13.7. The molecule has 178 valence electrons. The smallest absolute Gasteiger partial charge is 0.407 e. The third-order valence-electron chi connectivity index (χ3n) is 6.05. The molecule has 1 fully saturated rings. The van der Waals surface area contributed by atoms with Gasteiger partial charge in [-0.2, -0.15) is 0 Å². The first-order chi connectivity index (χ1) is 16.4. The topological polar surface area (TPSA) is 125 Å². The Labute approximate surface area is 197 Å². The van der Waals surface area contributed by atoms with Gasteiger partial charge in [0.1, 0.15) is 13.2 Å². The van der Waals surface area contributed by atoms with Crippen LogP contribution in [0.25, 0.3) is 11.1 Å². The molecule has 0 aliphatic heterocycles. The Morgan fingerprint density at radius 3 is 2.12 bits per heavy atom. The van der Waals surface area contributed by atoms with Crippen molar-refractivity contribution < 1.29 is 29.0 Å². The zero-order valence-electron chi connectivity index (χ0n) is 18.7. The first-order valence-corrected chi connectivity index (χ1v) is 11.3. The number of aliphatic carboxylic acids is 1. The fraction of sp³-hybridized carbons (Fsp3) is 0.360. The molecule has 9 heteroatoms. The van der Waals surface area contributed by atoms with Gasteiger partial charge in [-0.05, 0) is 35.1 Å². The highest BCUT2D eigenvalue weighted by atomic mass is 16.5. The second kappa shape index (κ2) is 10.4. The summed E-state index contributed by atoms with van der Waals surface area (Å²) in [5.74, 6) is -1.92. The van der Waals surface area contributed by atoms with Crippen LogP contribution in [0, 0.1) is 0 Å². The normalized spacial score (nSPS) is 14.0. The molecular formula is C25H27N3O6. The Hall–Kier alpha value is -3.88. The third kappa shape index (κ3) is 5.54. The molecule has 4 rings (SSSR count). The first kappa shape index (κ1) is 23.3. The minimum atomic E-state index is -0.977. The number of nitrogens with one attached hydrogen (secondary N) is 2. The van der Waals surface area contributed by atoms with Crippen LogP contribution in [0.4, 0.5) is 4.79 Å². The van der Waals surface area contributed by atoms with Crippen molar-refractivity contribution in [2.45, 2.75) is 31.2 Å². The number of hydrogen-bond acceptors (Lipinski definition) is 5. The lowest BCUT2D eigenvalue weighted by Gasteiger charge is -2.21. The average molecular weight is 466 g/mol. The number of carboxylic acids is 1. The predicted molar refractivity (Wildman–Crippen MR) is 123 cm³/mol. The Bertz CT molecular complexity index is 1050. The fourth-order valence-electron chi connectivity index (χ4n) is 4.25. The molecule has 0 heterocycles. The number of nitrogens with zero attached hydrogens (tertiary/aromatic N) is 1. The number of alkyl carbamates (subject to hydrolysis) is 1. The summed E-state index contributed by atoms with van der Waals surface area (Å²) in [5.41, 5.74) is 4.44. The Balaban J connectivity index is 1.21. The molecule has 2 aromatic carbocycles. The summed E-state index contributed by atoms with van der Waals surface area (Å²) in [4.78, 5) is 48.9. The summed E-state index contributed by atoms with van der Waals surface area (Å²) >= 11 is 0. The molecule has 34 heavy (non-hydrogen) atoms. The van der Waals surface area contributed by atoms with Crippen molar-refractivity contribution in [2.24, 2.45) is 0 Å². The molecule has 1 saturated carbocycles. The van der Waals surface area contributed by atoms with Crippen LogP contribution < -0.4 is 10.6 Å². The van der Waals surface area contributed by atoms with Crippen molar-refractivity contribution in [1.29, 1.82) is 0 Å². The highest BCUT2D eigenvalue weighted by Crippen LogP contribution is 2.44. The molecular weight excluding hydrogens is 438 g/mol. The van der Waals surface area contributed by atoms with Gasteiger partial charge in [0.05, 0.1) is 13.0 Å². The second-order valence-corrected chi connectivity index (χ2v) is 8.42. The van der Waals surface area contributed by atoms with Gasteiger partial charge >= 0.3 is 12.1 Å². The highest BCUT2D eigenvalue weighted by Gasteiger charge is 2.32. The summed E-state index contributed by atoms with van der Waals surface area (Å²) < 4.78 is 5.39. The van der Waals surface area contributed by atoms with E-state index >= 15 is 0 Å². The molecule has 2 aliphatic rings. The van der Waals surface area contributed by atoms with E-state index in [1.165, 1.54) is 4.90 Å². The van der Waals surface area contributed by atoms with Crippen LogP contribution in [0.15, 0.2) is 48.5 Å². The van der Waals surface area contributed by atoms with Crippen molar-refractivity contribution >= 4 is 23.9 Å². The standard InChI is InChI=1S/C25H27N3O6/c29-22(26-14-23(30)28(16-9-10-16)12-11-24(31)32)13-27-25(33)34-15-21-19-7-3-1-5-17(19)18-6-2-4-8-20(18)21/h1-8,16,21H,9-15H2,(H,26,29)(H,27,33)(H,31,32). The van der Waals surface area contributed by atoms with Crippen LogP contribution in [0.1, 0.15) is 36.3 Å².